The van der Waals surface area contributed by atoms with E-state index in [1.165, 1.54) is 29.7 Å². The third-order valence-corrected chi connectivity index (χ3v) is 8.17. The van der Waals surface area contributed by atoms with Crippen LogP contribution in [0.2, 0.25) is 0 Å². The molecule has 1 aromatic heterocycles. The largest absolute Gasteiger partial charge is 0.495 e. The second kappa shape index (κ2) is 9.59. The number of hydrogen-bond donors (Lipinski definition) is 2. The van der Waals surface area contributed by atoms with Crippen LogP contribution in [0.3, 0.4) is 0 Å². The number of piperidine rings is 1. The fourth-order valence-corrected chi connectivity index (χ4v) is 6.33. The molecule has 1 atom stereocenters. The lowest BCUT2D eigenvalue weighted by Crippen LogP contribution is -2.45. The summed E-state index contributed by atoms with van der Waals surface area (Å²) < 4.78 is 33.0. The Morgan fingerprint density at radius 2 is 2.03 bits per heavy atom. The zero-order valence-corrected chi connectivity index (χ0v) is 18.5. The van der Waals surface area contributed by atoms with Crippen molar-refractivity contribution in [3.63, 3.8) is 0 Å². The van der Waals surface area contributed by atoms with Crippen molar-refractivity contribution in [2.75, 3.05) is 24.3 Å². The summed E-state index contributed by atoms with van der Waals surface area (Å²) in [5, 5.41) is 7.19. The van der Waals surface area contributed by atoms with Crippen LogP contribution in [0.1, 0.15) is 32.6 Å². The second-order valence-corrected chi connectivity index (χ2v) is 10.1. The molecule has 2 heterocycles. The summed E-state index contributed by atoms with van der Waals surface area (Å²) in [4.78, 5) is 24.1. The van der Waals surface area contributed by atoms with Crippen LogP contribution in [0.25, 0.3) is 0 Å². The van der Waals surface area contributed by atoms with E-state index in [4.69, 9.17) is 4.74 Å². The predicted molar refractivity (Wildman–Crippen MR) is 116 cm³/mol. The van der Waals surface area contributed by atoms with Crippen molar-refractivity contribution in [2.24, 2.45) is 0 Å². The average Bonchev–Trinajstić information content (AvgIpc) is 3.24. The topological polar surface area (TPSA) is 105 Å². The van der Waals surface area contributed by atoms with Crippen LogP contribution in [0.4, 0.5) is 11.4 Å². The van der Waals surface area contributed by atoms with Gasteiger partial charge in [0, 0.05) is 31.6 Å². The summed E-state index contributed by atoms with van der Waals surface area (Å²) in [5.41, 5.74) is 0.940. The third kappa shape index (κ3) is 5.18. The van der Waals surface area contributed by atoms with E-state index in [2.05, 4.69) is 10.6 Å². The first-order valence-electron chi connectivity index (χ1n) is 9.62. The molecule has 1 aliphatic rings. The molecule has 0 bridgehead atoms. The number of hydrogen-bond acceptors (Lipinski definition) is 6. The van der Waals surface area contributed by atoms with Gasteiger partial charge in [-0.2, -0.15) is 4.31 Å². The Labute approximate surface area is 180 Å². The van der Waals surface area contributed by atoms with E-state index in [0.29, 0.717) is 34.3 Å². The fraction of sp³-hybridized carbons (Fsp3) is 0.400. The van der Waals surface area contributed by atoms with E-state index in [9.17, 15) is 18.0 Å². The number of methoxy groups -OCH3 is 1. The van der Waals surface area contributed by atoms with Gasteiger partial charge in [0.15, 0.2) is 0 Å². The van der Waals surface area contributed by atoms with Gasteiger partial charge in [-0.1, -0.05) is 12.5 Å². The summed E-state index contributed by atoms with van der Waals surface area (Å²) in [6.07, 6.45) is 2.31. The number of rotatable bonds is 7. The molecule has 0 unspecified atom stereocenters. The zero-order valence-electron chi connectivity index (χ0n) is 16.9. The lowest BCUT2D eigenvalue weighted by Gasteiger charge is -2.34. The highest BCUT2D eigenvalue weighted by Gasteiger charge is 2.35. The maximum Gasteiger partial charge on any atom is 0.252 e. The first-order valence-corrected chi connectivity index (χ1v) is 11.9. The molecule has 3 rings (SSSR count). The molecule has 0 saturated carbocycles. The Morgan fingerprint density at radius 3 is 2.70 bits per heavy atom. The Kier molecular flexibility index (Phi) is 7.11. The van der Waals surface area contributed by atoms with Crippen LogP contribution in [0, 0.1) is 0 Å². The quantitative estimate of drug-likeness (QED) is 0.672. The van der Waals surface area contributed by atoms with E-state index in [1.54, 1.807) is 35.7 Å². The van der Waals surface area contributed by atoms with Gasteiger partial charge in [-0.3, -0.25) is 9.59 Å². The van der Waals surface area contributed by atoms with E-state index < -0.39 is 16.1 Å². The summed E-state index contributed by atoms with van der Waals surface area (Å²) in [5.74, 6) is -0.0928. The van der Waals surface area contributed by atoms with Gasteiger partial charge in [0.05, 0.1) is 12.8 Å². The highest BCUT2D eigenvalue weighted by molar-refractivity contribution is 7.91. The van der Waals surface area contributed by atoms with Crippen LogP contribution in [0.15, 0.2) is 39.9 Å². The number of nitrogens with one attached hydrogen (secondary N) is 2. The molecule has 1 fully saturated rings. The van der Waals surface area contributed by atoms with E-state index in [1.807, 2.05) is 0 Å². The number of sulfonamides is 1. The number of carbonyl (C=O) groups is 2. The molecule has 1 aromatic carbocycles. The monoisotopic (exact) mass is 451 g/mol. The van der Waals surface area contributed by atoms with Crippen molar-refractivity contribution >= 4 is 44.5 Å². The second-order valence-electron chi connectivity index (χ2n) is 7.05. The molecule has 8 nitrogen and oxygen atoms in total. The Morgan fingerprint density at radius 1 is 1.23 bits per heavy atom. The van der Waals surface area contributed by atoms with Gasteiger partial charge in [0.25, 0.3) is 10.0 Å². The number of ether oxygens (including phenoxy) is 1. The number of anilines is 2. The van der Waals surface area contributed by atoms with Crippen molar-refractivity contribution in [3.8, 4) is 5.75 Å². The van der Waals surface area contributed by atoms with Gasteiger partial charge in [-0.25, -0.2) is 8.42 Å². The normalized spacial score (nSPS) is 17.3. The molecular weight excluding hydrogens is 426 g/mol. The lowest BCUT2D eigenvalue weighted by atomic mass is 10.0. The molecule has 2 aromatic rings. The maximum absolute atomic E-state index is 13.0. The van der Waals surface area contributed by atoms with Gasteiger partial charge >= 0.3 is 0 Å². The average molecular weight is 452 g/mol. The molecule has 0 aliphatic carbocycles. The molecule has 1 saturated heterocycles. The molecule has 0 spiro atoms. The fourth-order valence-electron chi connectivity index (χ4n) is 3.52. The van der Waals surface area contributed by atoms with Gasteiger partial charge in [0.1, 0.15) is 9.96 Å². The molecule has 0 radical (unpaired) electrons. The Bertz CT molecular complexity index is 1010. The van der Waals surface area contributed by atoms with Crippen LogP contribution in [-0.4, -0.2) is 44.2 Å². The summed E-state index contributed by atoms with van der Waals surface area (Å²) in [6.45, 7) is 1.80. The molecule has 1 aliphatic heterocycles. The molecule has 30 heavy (non-hydrogen) atoms. The minimum atomic E-state index is -3.62. The summed E-state index contributed by atoms with van der Waals surface area (Å²) in [7, 11) is -2.13. The van der Waals surface area contributed by atoms with Gasteiger partial charge in [-0.05, 0) is 42.5 Å². The number of thiophene rings is 1. The lowest BCUT2D eigenvalue weighted by molar-refractivity contribution is -0.117. The number of amides is 2. The van der Waals surface area contributed by atoms with Crippen molar-refractivity contribution < 1.29 is 22.7 Å². The highest BCUT2D eigenvalue weighted by Crippen LogP contribution is 2.31. The number of nitrogens with zero attached hydrogens (tertiary/aromatic N) is 1. The Hall–Kier alpha value is -2.43. The Balaban J connectivity index is 1.75. The first-order chi connectivity index (χ1) is 14.3. The van der Waals surface area contributed by atoms with E-state index in [0.717, 1.165) is 12.8 Å². The smallest absolute Gasteiger partial charge is 0.252 e. The van der Waals surface area contributed by atoms with Gasteiger partial charge in [-0.15, -0.1) is 11.3 Å². The van der Waals surface area contributed by atoms with Crippen molar-refractivity contribution in [1.29, 1.82) is 0 Å². The van der Waals surface area contributed by atoms with E-state index >= 15 is 0 Å². The van der Waals surface area contributed by atoms with Crippen molar-refractivity contribution in [1.82, 2.24) is 4.31 Å². The van der Waals surface area contributed by atoms with Crippen LogP contribution < -0.4 is 15.4 Å². The minimum Gasteiger partial charge on any atom is -0.495 e. The first kappa shape index (κ1) is 22.3. The van der Waals surface area contributed by atoms with Crippen LogP contribution in [0.5, 0.6) is 5.75 Å². The van der Waals surface area contributed by atoms with Gasteiger partial charge < -0.3 is 15.4 Å². The molecule has 2 N–H and O–H groups in total. The van der Waals surface area contributed by atoms with Crippen molar-refractivity contribution in [3.05, 3.63) is 35.7 Å². The van der Waals surface area contributed by atoms with Crippen molar-refractivity contribution in [2.45, 2.75) is 42.9 Å². The third-order valence-electron chi connectivity index (χ3n) is 4.85. The summed E-state index contributed by atoms with van der Waals surface area (Å²) >= 11 is 1.18. The molecule has 2 amide bonds. The van der Waals surface area contributed by atoms with Crippen LogP contribution >= 0.6 is 11.3 Å². The van der Waals surface area contributed by atoms with Gasteiger partial charge in [0.2, 0.25) is 11.8 Å². The number of carbonyl (C=O) groups excluding carboxylic acids is 2. The standard InChI is InChI=1S/C20H25N3O5S2/c1-14(24)21-15-8-9-18(28-2)17(12-15)22-19(25)13-16-6-3-4-10-23(16)30(26,27)20-7-5-11-29-20/h5,7-9,11-12,16H,3-4,6,10,13H2,1-2H3,(H,21,24)(H,22,25)/t16-/m0/s1. The molecule has 10 heteroatoms. The summed E-state index contributed by atoms with van der Waals surface area (Å²) in [6, 6.07) is 7.82. The maximum atomic E-state index is 13.0. The molecular formula is C20H25N3O5S2. The van der Waals surface area contributed by atoms with E-state index in [-0.39, 0.29) is 18.2 Å². The molecule has 162 valence electrons. The SMILES string of the molecule is COc1ccc(NC(C)=O)cc1NC(=O)C[C@@H]1CCCCN1S(=O)(=O)c1cccs1. The predicted octanol–water partition coefficient (Wildman–Crippen LogP) is 3.29. The minimum absolute atomic E-state index is 0.0398. The van der Waals surface area contributed by atoms with Crippen LogP contribution in [-0.2, 0) is 19.6 Å². The zero-order chi connectivity index (χ0) is 21.7. The highest BCUT2D eigenvalue weighted by atomic mass is 32.2. The number of benzene rings is 1.